The van der Waals surface area contributed by atoms with Crippen molar-refractivity contribution in [3.63, 3.8) is 0 Å². The second-order valence-electron chi connectivity index (χ2n) is 4.50. The summed E-state index contributed by atoms with van der Waals surface area (Å²) < 4.78 is 15.5. The van der Waals surface area contributed by atoms with Gasteiger partial charge in [0.1, 0.15) is 5.82 Å². The molecular formula is C15H10Br2FN3. The van der Waals surface area contributed by atoms with Crippen LogP contribution in [0.5, 0.6) is 0 Å². The van der Waals surface area contributed by atoms with Gasteiger partial charge in [-0.25, -0.2) is 4.39 Å². The van der Waals surface area contributed by atoms with Crippen LogP contribution in [0.3, 0.4) is 0 Å². The fraction of sp³-hybridized carbons (Fsp3) is 0. The molecule has 1 heterocycles. The van der Waals surface area contributed by atoms with Crippen molar-refractivity contribution in [2.45, 2.75) is 0 Å². The SMILES string of the molecule is Nc1ccc(Nc2ccc(Br)cc2F)c2ncc(Br)cc12. The van der Waals surface area contributed by atoms with Crippen LogP contribution in [0.1, 0.15) is 0 Å². The predicted molar refractivity (Wildman–Crippen MR) is 91.2 cm³/mol. The maximum atomic E-state index is 13.9. The van der Waals surface area contributed by atoms with Gasteiger partial charge in [0.2, 0.25) is 0 Å². The third-order valence-corrected chi connectivity index (χ3v) is 3.98. The van der Waals surface area contributed by atoms with E-state index in [0.717, 1.165) is 9.86 Å². The highest BCUT2D eigenvalue weighted by Crippen LogP contribution is 2.31. The van der Waals surface area contributed by atoms with Crippen LogP contribution < -0.4 is 11.1 Å². The first-order chi connectivity index (χ1) is 10.0. The van der Waals surface area contributed by atoms with E-state index in [1.165, 1.54) is 6.07 Å². The van der Waals surface area contributed by atoms with Crippen LogP contribution in [0, 0.1) is 5.82 Å². The number of nitrogens with zero attached hydrogens (tertiary/aromatic N) is 1. The maximum absolute atomic E-state index is 13.9. The van der Waals surface area contributed by atoms with Gasteiger partial charge in [-0.3, -0.25) is 4.98 Å². The fourth-order valence-corrected chi connectivity index (χ4v) is 2.72. The number of benzene rings is 2. The van der Waals surface area contributed by atoms with E-state index in [4.69, 9.17) is 5.73 Å². The standard InChI is InChI=1S/C15H10Br2FN3/c16-8-1-3-13(11(18)6-8)21-14-4-2-12(19)10-5-9(17)7-20-15(10)14/h1-7,21H,19H2. The molecule has 0 fully saturated rings. The molecule has 3 rings (SSSR count). The lowest BCUT2D eigenvalue weighted by molar-refractivity contribution is 0.631. The minimum Gasteiger partial charge on any atom is -0.398 e. The van der Waals surface area contributed by atoms with Gasteiger partial charge in [-0.15, -0.1) is 0 Å². The number of pyridine rings is 1. The summed E-state index contributed by atoms with van der Waals surface area (Å²) in [6.45, 7) is 0. The fourth-order valence-electron chi connectivity index (χ4n) is 2.05. The number of hydrogen-bond donors (Lipinski definition) is 2. The van der Waals surface area contributed by atoms with Gasteiger partial charge in [-0.2, -0.15) is 0 Å². The molecule has 0 aliphatic rings. The summed E-state index contributed by atoms with van der Waals surface area (Å²) in [5.41, 5.74) is 8.37. The smallest absolute Gasteiger partial charge is 0.147 e. The van der Waals surface area contributed by atoms with E-state index in [1.807, 2.05) is 6.07 Å². The first-order valence-corrected chi connectivity index (χ1v) is 7.69. The molecular weight excluding hydrogens is 401 g/mol. The lowest BCUT2D eigenvalue weighted by Gasteiger charge is -2.12. The van der Waals surface area contributed by atoms with Crippen LogP contribution >= 0.6 is 31.9 Å². The number of aromatic nitrogens is 1. The van der Waals surface area contributed by atoms with Gasteiger partial charge in [0.05, 0.1) is 16.9 Å². The van der Waals surface area contributed by atoms with E-state index < -0.39 is 0 Å². The zero-order valence-corrected chi connectivity index (χ0v) is 13.9. The summed E-state index contributed by atoms with van der Waals surface area (Å²) in [5.74, 6) is -0.341. The number of fused-ring (bicyclic) bond motifs is 1. The van der Waals surface area contributed by atoms with Crippen LogP contribution in [-0.4, -0.2) is 4.98 Å². The molecule has 0 spiro atoms. The highest BCUT2D eigenvalue weighted by atomic mass is 79.9. The molecule has 106 valence electrons. The Bertz CT molecular complexity index is 837. The lowest BCUT2D eigenvalue weighted by Crippen LogP contribution is -1.97. The minimum absolute atomic E-state index is 0.341. The Balaban J connectivity index is 2.11. The molecule has 0 saturated heterocycles. The zero-order valence-electron chi connectivity index (χ0n) is 10.7. The second kappa shape index (κ2) is 5.61. The van der Waals surface area contributed by atoms with Crippen molar-refractivity contribution in [3.8, 4) is 0 Å². The number of nitrogen functional groups attached to an aromatic ring is 1. The van der Waals surface area contributed by atoms with E-state index in [1.54, 1.807) is 30.5 Å². The van der Waals surface area contributed by atoms with Crippen LogP contribution in [0.2, 0.25) is 0 Å². The van der Waals surface area contributed by atoms with Crippen molar-refractivity contribution >= 4 is 59.8 Å². The van der Waals surface area contributed by atoms with Gasteiger partial charge < -0.3 is 11.1 Å². The minimum atomic E-state index is -0.341. The molecule has 6 heteroatoms. The summed E-state index contributed by atoms with van der Waals surface area (Å²) in [5, 5.41) is 3.87. The number of halogens is 3. The highest BCUT2D eigenvalue weighted by molar-refractivity contribution is 9.10. The molecule has 21 heavy (non-hydrogen) atoms. The Morgan fingerprint density at radius 2 is 1.76 bits per heavy atom. The number of anilines is 3. The topological polar surface area (TPSA) is 50.9 Å². The highest BCUT2D eigenvalue weighted by Gasteiger charge is 2.09. The van der Waals surface area contributed by atoms with Crippen molar-refractivity contribution in [3.05, 3.63) is 57.4 Å². The van der Waals surface area contributed by atoms with Crippen LogP contribution in [0.25, 0.3) is 10.9 Å². The van der Waals surface area contributed by atoms with Crippen molar-refractivity contribution in [2.24, 2.45) is 0 Å². The largest absolute Gasteiger partial charge is 0.398 e. The van der Waals surface area contributed by atoms with Crippen molar-refractivity contribution in [2.75, 3.05) is 11.1 Å². The average molecular weight is 411 g/mol. The van der Waals surface area contributed by atoms with Crippen LogP contribution in [0.4, 0.5) is 21.5 Å². The first kappa shape index (κ1) is 14.3. The molecule has 0 saturated carbocycles. The zero-order chi connectivity index (χ0) is 15.0. The van der Waals surface area contributed by atoms with E-state index in [9.17, 15) is 4.39 Å². The van der Waals surface area contributed by atoms with Gasteiger partial charge in [-0.05, 0) is 52.3 Å². The summed E-state index contributed by atoms with van der Waals surface area (Å²) in [6, 6.07) is 10.3. The van der Waals surface area contributed by atoms with Gasteiger partial charge >= 0.3 is 0 Å². The van der Waals surface area contributed by atoms with Gasteiger partial charge in [-0.1, -0.05) is 15.9 Å². The van der Waals surface area contributed by atoms with Crippen molar-refractivity contribution in [1.82, 2.24) is 4.98 Å². The van der Waals surface area contributed by atoms with E-state index >= 15 is 0 Å². The van der Waals surface area contributed by atoms with Gasteiger partial charge in [0.15, 0.2) is 0 Å². The summed E-state index contributed by atoms with van der Waals surface area (Å²) in [4.78, 5) is 4.36. The Morgan fingerprint density at radius 1 is 1.00 bits per heavy atom. The molecule has 1 aromatic heterocycles. The third-order valence-electron chi connectivity index (χ3n) is 3.05. The van der Waals surface area contributed by atoms with E-state index in [0.29, 0.717) is 27.1 Å². The molecule has 0 aliphatic heterocycles. The van der Waals surface area contributed by atoms with Crippen LogP contribution in [-0.2, 0) is 0 Å². The summed E-state index contributed by atoms with van der Waals surface area (Å²) >= 11 is 6.61. The molecule has 0 amide bonds. The molecule has 0 aliphatic carbocycles. The molecule has 3 N–H and O–H groups in total. The van der Waals surface area contributed by atoms with Gasteiger partial charge in [0, 0.05) is 26.2 Å². The Kier molecular flexibility index (Phi) is 3.82. The normalized spacial score (nSPS) is 10.8. The molecule has 3 aromatic rings. The van der Waals surface area contributed by atoms with Crippen molar-refractivity contribution in [1.29, 1.82) is 0 Å². The number of nitrogens with one attached hydrogen (secondary N) is 1. The molecule has 0 bridgehead atoms. The third kappa shape index (κ3) is 2.87. The Hall–Kier alpha value is -1.66. The number of nitrogens with two attached hydrogens (primary N) is 1. The van der Waals surface area contributed by atoms with Crippen LogP contribution in [0.15, 0.2) is 51.5 Å². The molecule has 2 aromatic carbocycles. The average Bonchev–Trinajstić information content (AvgIpc) is 2.45. The maximum Gasteiger partial charge on any atom is 0.147 e. The molecule has 0 unspecified atom stereocenters. The van der Waals surface area contributed by atoms with E-state index in [2.05, 4.69) is 42.2 Å². The monoisotopic (exact) mass is 409 g/mol. The Labute approximate surface area is 137 Å². The first-order valence-electron chi connectivity index (χ1n) is 6.10. The van der Waals surface area contributed by atoms with Gasteiger partial charge in [0.25, 0.3) is 0 Å². The van der Waals surface area contributed by atoms with E-state index in [-0.39, 0.29) is 5.82 Å². The second-order valence-corrected chi connectivity index (χ2v) is 6.33. The molecule has 3 nitrogen and oxygen atoms in total. The number of hydrogen-bond acceptors (Lipinski definition) is 3. The number of rotatable bonds is 2. The van der Waals surface area contributed by atoms with Crippen molar-refractivity contribution < 1.29 is 4.39 Å². The molecule has 0 atom stereocenters. The lowest BCUT2D eigenvalue weighted by atomic mass is 10.1. The summed E-state index contributed by atoms with van der Waals surface area (Å²) in [6.07, 6.45) is 1.69. The quantitative estimate of drug-likeness (QED) is 0.569. The Morgan fingerprint density at radius 3 is 2.52 bits per heavy atom. The predicted octanol–water partition coefficient (Wildman–Crippen LogP) is 5.22. The molecule has 0 radical (unpaired) electrons. The summed E-state index contributed by atoms with van der Waals surface area (Å²) in [7, 11) is 0.